The number of benzene rings is 1. The lowest BCUT2D eigenvalue weighted by Gasteiger charge is -2.34. The van der Waals surface area contributed by atoms with Crippen LogP contribution in [0.5, 0.6) is 11.5 Å². The highest BCUT2D eigenvalue weighted by atomic mass is 19.4. The molecule has 0 spiro atoms. The summed E-state index contributed by atoms with van der Waals surface area (Å²) in [6, 6.07) is 3.82. The van der Waals surface area contributed by atoms with Crippen LogP contribution in [0.25, 0.3) is 0 Å². The minimum Gasteiger partial charge on any atom is -0.493 e. The van der Waals surface area contributed by atoms with E-state index in [0.29, 0.717) is 43.1 Å². The van der Waals surface area contributed by atoms with Crippen molar-refractivity contribution in [3.63, 3.8) is 0 Å². The van der Waals surface area contributed by atoms with Crippen molar-refractivity contribution in [3.8, 4) is 11.5 Å². The van der Waals surface area contributed by atoms with E-state index in [1.807, 2.05) is 0 Å². The highest BCUT2D eigenvalue weighted by Crippen LogP contribution is 2.27. The van der Waals surface area contributed by atoms with Crippen LogP contribution in [0, 0.1) is 0 Å². The summed E-state index contributed by atoms with van der Waals surface area (Å²) in [6.07, 6.45) is -3.68. The Morgan fingerprint density at radius 2 is 1.88 bits per heavy atom. The van der Waals surface area contributed by atoms with E-state index in [0.717, 1.165) is 4.90 Å². The number of halogens is 3. The maximum Gasteiger partial charge on any atom is 0.406 e. The first-order valence-electron chi connectivity index (χ1n) is 8.24. The fourth-order valence-electron chi connectivity index (χ4n) is 2.83. The van der Waals surface area contributed by atoms with E-state index < -0.39 is 24.8 Å². The van der Waals surface area contributed by atoms with Crippen molar-refractivity contribution in [2.45, 2.75) is 31.6 Å². The molecule has 1 aromatic rings. The highest BCUT2D eigenvalue weighted by molar-refractivity contribution is 5.74. The van der Waals surface area contributed by atoms with E-state index in [-0.39, 0.29) is 6.54 Å². The molecule has 0 saturated carbocycles. The van der Waals surface area contributed by atoms with Crippen molar-refractivity contribution in [1.29, 1.82) is 0 Å². The maximum absolute atomic E-state index is 12.9. The second-order valence-corrected chi connectivity index (χ2v) is 5.93. The Morgan fingerprint density at radius 1 is 1.23 bits per heavy atom. The molecule has 1 aliphatic heterocycles. The first kappa shape index (κ1) is 20.2. The molecule has 6 nitrogen and oxygen atoms in total. The van der Waals surface area contributed by atoms with Gasteiger partial charge in [0.2, 0.25) is 0 Å². The number of nitrogens with one attached hydrogen (secondary N) is 1. The summed E-state index contributed by atoms with van der Waals surface area (Å²) in [5.41, 5.74) is 0.690. The van der Waals surface area contributed by atoms with E-state index in [9.17, 15) is 18.0 Å². The number of hydrogen-bond acceptors (Lipinski definition) is 4. The molecule has 1 saturated heterocycles. The van der Waals surface area contributed by atoms with Crippen LogP contribution in [0.4, 0.5) is 18.0 Å². The van der Waals surface area contributed by atoms with Crippen LogP contribution in [0.15, 0.2) is 18.2 Å². The Labute approximate surface area is 150 Å². The van der Waals surface area contributed by atoms with Crippen molar-refractivity contribution in [1.82, 2.24) is 10.2 Å². The second-order valence-electron chi connectivity index (χ2n) is 5.93. The molecule has 1 aliphatic rings. The van der Waals surface area contributed by atoms with Gasteiger partial charge in [0.15, 0.2) is 11.5 Å². The van der Waals surface area contributed by atoms with Gasteiger partial charge in [0.25, 0.3) is 0 Å². The van der Waals surface area contributed by atoms with Crippen LogP contribution in [-0.2, 0) is 11.3 Å². The Bertz CT molecular complexity index is 604. The van der Waals surface area contributed by atoms with Crippen LogP contribution < -0.4 is 14.8 Å². The van der Waals surface area contributed by atoms with Gasteiger partial charge in [-0.05, 0) is 30.5 Å². The lowest BCUT2D eigenvalue weighted by molar-refractivity contribution is -0.146. The standard InChI is InChI=1S/C17H23F3N2O4/c1-24-14-4-3-12(9-15(14)25-2)10-21-16(23)22(11-17(18,19)20)13-5-7-26-8-6-13/h3-4,9,13H,5-8,10-11H2,1-2H3,(H,21,23). The molecule has 0 aliphatic carbocycles. The molecule has 1 fully saturated rings. The van der Waals surface area contributed by atoms with Gasteiger partial charge in [0.05, 0.1) is 14.2 Å². The van der Waals surface area contributed by atoms with Crippen LogP contribution in [0.1, 0.15) is 18.4 Å². The molecule has 0 aromatic heterocycles. The SMILES string of the molecule is COc1ccc(CNC(=O)N(CC(F)(F)F)C2CCOCC2)cc1OC. The second kappa shape index (κ2) is 8.98. The van der Waals surface area contributed by atoms with Crippen molar-refractivity contribution >= 4 is 6.03 Å². The predicted octanol–water partition coefficient (Wildman–Crippen LogP) is 2.96. The number of methoxy groups -OCH3 is 2. The number of carbonyl (C=O) groups is 1. The zero-order chi connectivity index (χ0) is 19.2. The van der Waals surface area contributed by atoms with Crippen molar-refractivity contribution < 1.29 is 32.2 Å². The number of nitrogens with zero attached hydrogens (tertiary/aromatic N) is 1. The van der Waals surface area contributed by atoms with Gasteiger partial charge in [-0.3, -0.25) is 0 Å². The molecule has 1 aromatic carbocycles. The summed E-state index contributed by atoms with van der Waals surface area (Å²) in [7, 11) is 2.98. The largest absolute Gasteiger partial charge is 0.493 e. The molecular weight excluding hydrogens is 353 g/mol. The fourth-order valence-corrected chi connectivity index (χ4v) is 2.83. The Hall–Kier alpha value is -2.16. The van der Waals surface area contributed by atoms with E-state index in [1.165, 1.54) is 14.2 Å². The smallest absolute Gasteiger partial charge is 0.406 e. The molecule has 26 heavy (non-hydrogen) atoms. The van der Waals surface area contributed by atoms with Crippen molar-refractivity contribution in [2.75, 3.05) is 34.0 Å². The Kier molecular flexibility index (Phi) is 6.96. The molecule has 2 amide bonds. The van der Waals surface area contributed by atoms with E-state index in [4.69, 9.17) is 14.2 Å². The summed E-state index contributed by atoms with van der Waals surface area (Å²) in [6.45, 7) is -0.504. The number of amides is 2. The van der Waals surface area contributed by atoms with Crippen LogP contribution in [-0.4, -0.2) is 57.1 Å². The summed E-state index contributed by atoms with van der Waals surface area (Å²) in [4.78, 5) is 13.2. The van der Waals surface area contributed by atoms with Gasteiger partial charge in [-0.25, -0.2) is 4.79 Å². The van der Waals surface area contributed by atoms with Crippen LogP contribution in [0.2, 0.25) is 0 Å². The molecule has 1 N–H and O–H groups in total. The quantitative estimate of drug-likeness (QED) is 0.829. The van der Waals surface area contributed by atoms with Gasteiger partial charge < -0.3 is 24.4 Å². The van der Waals surface area contributed by atoms with Gasteiger partial charge in [-0.2, -0.15) is 13.2 Å². The highest BCUT2D eigenvalue weighted by Gasteiger charge is 2.37. The third kappa shape index (κ3) is 5.69. The van der Waals surface area contributed by atoms with Gasteiger partial charge in [-0.15, -0.1) is 0 Å². The zero-order valence-electron chi connectivity index (χ0n) is 14.8. The lowest BCUT2D eigenvalue weighted by atomic mass is 10.1. The molecule has 9 heteroatoms. The van der Waals surface area contributed by atoms with Gasteiger partial charge in [0, 0.05) is 25.8 Å². The number of carbonyl (C=O) groups excluding carboxylic acids is 1. The van der Waals surface area contributed by atoms with Crippen LogP contribution in [0.3, 0.4) is 0 Å². The van der Waals surface area contributed by atoms with Crippen LogP contribution >= 0.6 is 0 Å². The Balaban J connectivity index is 2.04. The monoisotopic (exact) mass is 376 g/mol. The molecule has 0 unspecified atom stereocenters. The minimum absolute atomic E-state index is 0.0801. The molecule has 0 radical (unpaired) electrons. The maximum atomic E-state index is 12.9. The number of rotatable bonds is 6. The number of alkyl halides is 3. The Morgan fingerprint density at radius 3 is 2.46 bits per heavy atom. The van der Waals surface area contributed by atoms with Gasteiger partial charge in [0.1, 0.15) is 6.54 Å². The van der Waals surface area contributed by atoms with E-state index in [1.54, 1.807) is 18.2 Å². The zero-order valence-corrected chi connectivity index (χ0v) is 14.8. The average Bonchev–Trinajstić information content (AvgIpc) is 2.63. The van der Waals surface area contributed by atoms with E-state index >= 15 is 0 Å². The molecule has 0 bridgehead atoms. The van der Waals surface area contributed by atoms with Gasteiger partial charge >= 0.3 is 12.2 Å². The predicted molar refractivity (Wildman–Crippen MR) is 88.4 cm³/mol. The normalized spacial score (nSPS) is 15.4. The lowest BCUT2D eigenvalue weighted by Crippen LogP contribution is -2.51. The fraction of sp³-hybridized carbons (Fsp3) is 0.588. The topological polar surface area (TPSA) is 60.0 Å². The first-order chi connectivity index (χ1) is 12.3. The minimum atomic E-state index is -4.46. The molecule has 2 rings (SSSR count). The summed E-state index contributed by atoms with van der Waals surface area (Å²) in [5.74, 6) is 1.01. The third-order valence-corrected chi connectivity index (χ3v) is 4.13. The average molecular weight is 376 g/mol. The van der Waals surface area contributed by atoms with Crippen molar-refractivity contribution in [2.24, 2.45) is 0 Å². The van der Waals surface area contributed by atoms with E-state index in [2.05, 4.69) is 5.32 Å². The molecular formula is C17H23F3N2O4. The number of urea groups is 1. The summed E-state index contributed by atoms with van der Waals surface area (Å²) >= 11 is 0. The van der Waals surface area contributed by atoms with Gasteiger partial charge in [-0.1, -0.05) is 6.07 Å². The number of ether oxygens (including phenoxy) is 3. The molecule has 0 atom stereocenters. The summed E-state index contributed by atoms with van der Waals surface area (Å²) in [5, 5.41) is 2.56. The molecule has 146 valence electrons. The summed E-state index contributed by atoms with van der Waals surface area (Å²) < 4.78 is 54.1. The first-order valence-corrected chi connectivity index (χ1v) is 8.24. The third-order valence-electron chi connectivity index (χ3n) is 4.13. The van der Waals surface area contributed by atoms with Crippen molar-refractivity contribution in [3.05, 3.63) is 23.8 Å². The number of hydrogen-bond donors (Lipinski definition) is 1. The molecule has 1 heterocycles.